The maximum absolute atomic E-state index is 12.5. The van der Waals surface area contributed by atoms with E-state index in [-0.39, 0.29) is 24.3 Å². The molecule has 0 aliphatic heterocycles. The second-order valence-electron chi connectivity index (χ2n) is 5.99. The number of para-hydroxylation sites is 1. The molecule has 25 heavy (non-hydrogen) atoms. The van der Waals surface area contributed by atoms with Crippen molar-refractivity contribution in [3.63, 3.8) is 0 Å². The first-order valence-electron chi connectivity index (χ1n) is 7.91. The maximum atomic E-state index is 12.5. The van der Waals surface area contributed by atoms with Gasteiger partial charge in [-0.25, -0.2) is 0 Å². The number of benzene rings is 2. The average Bonchev–Trinajstić information content (AvgIpc) is 2.55. The predicted octanol–water partition coefficient (Wildman–Crippen LogP) is 5.11. The molecule has 0 atom stereocenters. The number of anilines is 2. The second kappa shape index (κ2) is 8.37. The van der Waals surface area contributed by atoms with Gasteiger partial charge in [-0.3, -0.25) is 9.59 Å². The molecule has 0 aliphatic rings. The third-order valence-corrected chi connectivity index (χ3v) is 4.49. The van der Waals surface area contributed by atoms with Gasteiger partial charge in [0.25, 0.3) is 0 Å². The van der Waals surface area contributed by atoms with E-state index in [2.05, 4.69) is 19.2 Å². The Morgan fingerprint density at radius 3 is 2.36 bits per heavy atom. The standard InChI is InChI=1S/C19H20Cl2N2O2/c1-12(2)15-6-4-5-7-18(15)22-19(25)11-23(13(3)24)14-8-9-16(20)17(21)10-14/h4-10,12H,11H2,1-3H3,(H,22,25). The Labute approximate surface area is 157 Å². The van der Waals surface area contributed by atoms with E-state index in [1.165, 1.54) is 11.8 Å². The van der Waals surface area contributed by atoms with Gasteiger partial charge in [-0.1, -0.05) is 55.2 Å². The molecule has 2 amide bonds. The van der Waals surface area contributed by atoms with Crippen LogP contribution in [-0.2, 0) is 9.59 Å². The van der Waals surface area contributed by atoms with Gasteiger partial charge in [-0.2, -0.15) is 0 Å². The predicted molar refractivity (Wildman–Crippen MR) is 104 cm³/mol. The molecule has 1 N–H and O–H groups in total. The van der Waals surface area contributed by atoms with Gasteiger partial charge in [-0.15, -0.1) is 0 Å². The van der Waals surface area contributed by atoms with Crippen molar-refractivity contribution in [2.45, 2.75) is 26.7 Å². The van der Waals surface area contributed by atoms with Crippen LogP contribution < -0.4 is 10.2 Å². The quantitative estimate of drug-likeness (QED) is 0.785. The van der Waals surface area contributed by atoms with Crippen LogP contribution in [0.1, 0.15) is 32.3 Å². The van der Waals surface area contributed by atoms with Crippen molar-refractivity contribution >= 4 is 46.4 Å². The number of halogens is 2. The number of carbonyl (C=O) groups excluding carboxylic acids is 2. The van der Waals surface area contributed by atoms with Crippen molar-refractivity contribution in [2.75, 3.05) is 16.8 Å². The highest BCUT2D eigenvalue weighted by molar-refractivity contribution is 6.42. The number of nitrogens with zero attached hydrogens (tertiary/aromatic N) is 1. The molecule has 2 aromatic rings. The summed E-state index contributed by atoms with van der Waals surface area (Å²) in [5, 5.41) is 3.60. The SMILES string of the molecule is CC(=O)N(CC(=O)Nc1ccccc1C(C)C)c1ccc(Cl)c(Cl)c1. The van der Waals surface area contributed by atoms with Crippen molar-refractivity contribution in [2.24, 2.45) is 0 Å². The fourth-order valence-electron chi connectivity index (χ4n) is 2.48. The van der Waals surface area contributed by atoms with Crippen LogP contribution in [0.5, 0.6) is 0 Å². The van der Waals surface area contributed by atoms with Crippen LogP contribution in [0, 0.1) is 0 Å². The lowest BCUT2D eigenvalue weighted by atomic mass is 10.0. The summed E-state index contributed by atoms with van der Waals surface area (Å²) in [4.78, 5) is 25.8. The Bertz CT molecular complexity index is 791. The molecule has 0 unspecified atom stereocenters. The molecule has 132 valence electrons. The molecule has 0 aliphatic carbocycles. The van der Waals surface area contributed by atoms with Crippen LogP contribution in [-0.4, -0.2) is 18.4 Å². The minimum absolute atomic E-state index is 0.111. The van der Waals surface area contributed by atoms with E-state index in [0.29, 0.717) is 15.7 Å². The van der Waals surface area contributed by atoms with E-state index in [1.54, 1.807) is 18.2 Å². The first kappa shape index (κ1) is 19.3. The Balaban J connectivity index is 2.19. The second-order valence-corrected chi connectivity index (χ2v) is 6.81. The van der Waals surface area contributed by atoms with Gasteiger partial charge >= 0.3 is 0 Å². The van der Waals surface area contributed by atoms with Gasteiger partial charge in [0.1, 0.15) is 6.54 Å². The Hall–Kier alpha value is -2.04. The van der Waals surface area contributed by atoms with E-state index in [9.17, 15) is 9.59 Å². The van der Waals surface area contributed by atoms with Crippen LogP contribution in [0.25, 0.3) is 0 Å². The van der Waals surface area contributed by atoms with Crippen molar-refractivity contribution in [1.29, 1.82) is 0 Å². The fraction of sp³-hybridized carbons (Fsp3) is 0.263. The zero-order chi connectivity index (χ0) is 18.6. The Morgan fingerprint density at radius 2 is 1.76 bits per heavy atom. The summed E-state index contributed by atoms with van der Waals surface area (Å²) in [6, 6.07) is 12.4. The normalized spacial score (nSPS) is 10.6. The summed E-state index contributed by atoms with van der Waals surface area (Å²) in [5.74, 6) is -0.268. The minimum Gasteiger partial charge on any atom is -0.324 e. The largest absolute Gasteiger partial charge is 0.324 e. The van der Waals surface area contributed by atoms with Crippen LogP contribution in [0.4, 0.5) is 11.4 Å². The molecule has 0 radical (unpaired) electrons. The fourth-order valence-corrected chi connectivity index (χ4v) is 2.78. The summed E-state index contributed by atoms with van der Waals surface area (Å²) in [6.07, 6.45) is 0. The van der Waals surface area contributed by atoms with Gasteiger partial charge in [0.15, 0.2) is 0 Å². The molecule has 0 heterocycles. The lowest BCUT2D eigenvalue weighted by Crippen LogP contribution is -2.36. The summed E-state index contributed by atoms with van der Waals surface area (Å²) in [5.41, 5.74) is 2.31. The van der Waals surface area contributed by atoms with Gasteiger partial charge in [0, 0.05) is 18.3 Å². The zero-order valence-corrected chi connectivity index (χ0v) is 15.9. The molecule has 2 rings (SSSR count). The van der Waals surface area contributed by atoms with Crippen molar-refractivity contribution in [3.8, 4) is 0 Å². The van der Waals surface area contributed by atoms with E-state index in [4.69, 9.17) is 23.2 Å². The van der Waals surface area contributed by atoms with Gasteiger partial charge in [0.05, 0.1) is 10.0 Å². The first-order chi connectivity index (χ1) is 11.8. The van der Waals surface area contributed by atoms with Crippen molar-refractivity contribution in [3.05, 3.63) is 58.1 Å². The summed E-state index contributed by atoms with van der Waals surface area (Å²) >= 11 is 11.9. The highest BCUT2D eigenvalue weighted by atomic mass is 35.5. The molecule has 0 saturated carbocycles. The summed E-state index contributed by atoms with van der Waals surface area (Å²) in [6.45, 7) is 5.41. The molecule has 0 saturated heterocycles. The van der Waals surface area contributed by atoms with Crippen molar-refractivity contribution < 1.29 is 9.59 Å². The highest BCUT2D eigenvalue weighted by Crippen LogP contribution is 2.28. The molecule has 0 spiro atoms. The Kier molecular flexibility index (Phi) is 6.45. The lowest BCUT2D eigenvalue weighted by molar-refractivity contribution is -0.120. The third kappa shape index (κ3) is 4.97. The number of nitrogens with one attached hydrogen (secondary N) is 1. The number of carbonyl (C=O) groups is 2. The number of amides is 2. The van der Waals surface area contributed by atoms with E-state index in [1.807, 2.05) is 24.3 Å². The summed E-state index contributed by atoms with van der Waals surface area (Å²) in [7, 11) is 0. The molecule has 0 aromatic heterocycles. The van der Waals surface area contributed by atoms with Crippen LogP contribution in [0.15, 0.2) is 42.5 Å². The average molecular weight is 379 g/mol. The lowest BCUT2D eigenvalue weighted by Gasteiger charge is -2.22. The first-order valence-corrected chi connectivity index (χ1v) is 8.67. The highest BCUT2D eigenvalue weighted by Gasteiger charge is 2.18. The number of hydrogen-bond donors (Lipinski definition) is 1. The molecule has 0 bridgehead atoms. The van der Waals surface area contributed by atoms with Gasteiger partial charge in [0.2, 0.25) is 11.8 Å². The topological polar surface area (TPSA) is 49.4 Å². The summed E-state index contributed by atoms with van der Waals surface area (Å²) < 4.78 is 0. The van der Waals surface area contributed by atoms with Gasteiger partial charge in [-0.05, 0) is 35.7 Å². The molecule has 4 nitrogen and oxygen atoms in total. The molecular weight excluding hydrogens is 359 g/mol. The number of hydrogen-bond acceptors (Lipinski definition) is 2. The molecule has 2 aromatic carbocycles. The van der Waals surface area contributed by atoms with Crippen LogP contribution in [0.3, 0.4) is 0 Å². The van der Waals surface area contributed by atoms with E-state index in [0.717, 1.165) is 11.3 Å². The zero-order valence-electron chi connectivity index (χ0n) is 14.3. The molecule has 6 heteroatoms. The van der Waals surface area contributed by atoms with Gasteiger partial charge < -0.3 is 10.2 Å². The molecular formula is C19H20Cl2N2O2. The van der Waals surface area contributed by atoms with Crippen LogP contribution in [0.2, 0.25) is 10.0 Å². The Morgan fingerprint density at radius 1 is 1.08 bits per heavy atom. The minimum atomic E-state index is -0.283. The molecule has 0 fully saturated rings. The monoisotopic (exact) mass is 378 g/mol. The van der Waals surface area contributed by atoms with E-state index < -0.39 is 0 Å². The third-order valence-electron chi connectivity index (χ3n) is 3.75. The van der Waals surface area contributed by atoms with Crippen molar-refractivity contribution in [1.82, 2.24) is 0 Å². The smallest absolute Gasteiger partial charge is 0.244 e. The number of rotatable bonds is 5. The maximum Gasteiger partial charge on any atom is 0.244 e. The van der Waals surface area contributed by atoms with E-state index >= 15 is 0 Å². The van der Waals surface area contributed by atoms with Crippen LogP contribution >= 0.6 is 23.2 Å².